The summed E-state index contributed by atoms with van der Waals surface area (Å²) in [5.74, 6) is 0. The maximum atomic E-state index is 5.97. The summed E-state index contributed by atoms with van der Waals surface area (Å²) in [6, 6.07) is 21.1. The van der Waals surface area contributed by atoms with Crippen LogP contribution in [0.15, 0.2) is 79.3 Å². The van der Waals surface area contributed by atoms with E-state index in [0.29, 0.717) is 5.11 Å². The highest BCUT2D eigenvalue weighted by Crippen LogP contribution is 2.43. The first-order valence-electron chi connectivity index (χ1n) is 13.1. The monoisotopic (exact) mass is 524 g/mol. The summed E-state index contributed by atoms with van der Waals surface area (Å²) in [7, 11) is 0. The van der Waals surface area contributed by atoms with Crippen molar-refractivity contribution in [3.8, 4) is 0 Å². The van der Waals surface area contributed by atoms with Gasteiger partial charge < -0.3 is 24.4 Å². The van der Waals surface area contributed by atoms with E-state index in [1.807, 2.05) is 36.8 Å². The summed E-state index contributed by atoms with van der Waals surface area (Å²) in [4.78, 5) is 13.7. The van der Waals surface area contributed by atoms with Crippen LogP contribution in [0.3, 0.4) is 0 Å². The molecule has 5 heterocycles. The van der Waals surface area contributed by atoms with E-state index in [9.17, 15) is 0 Å². The lowest BCUT2D eigenvalue weighted by Gasteiger charge is -2.31. The Balaban J connectivity index is 1.39. The molecule has 1 aromatic carbocycles. The van der Waals surface area contributed by atoms with Crippen molar-refractivity contribution in [1.29, 1.82) is 0 Å². The van der Waals surface area contributed by atoms with Crippen molar-refractivity contribution in [2.45, 2.75) is 32.5 Å². The van der Waals surface area contributed by atoms with Gasteiger partial charge in [-0.3, -0.25) is 9.97 Å². The number of thiocarbonyl (C=S) groups is 1. The molecule has 1 N–H and O–H groups in total. The Hall–Kier alpha value is -3.75. The van der Waals surface area contributed by atoms with Crippen LogP contribution in [-0.2, 0) is 11.3 Å². The van der Waals surface area contributed by atoms with Crippen molar-refractivity contribution in [1.82, 2.24) is 19.9 Å². The summed E-state index contributed by atoms with van der Waals surface area (Å²) in [6.07, 6.45) is 5.60. The van der Waals surface area contributed by atoms with Crippen LogP contribution in [0, 0.1) is 13.8 Å². The summed E-state index contributed by atoms with van der Waals surface area (Å²) >= 11 is 5.97. The van der Waals surface area contributed by atoms with Crippen LogP contribution in [0.1, 0.15) is 40.3 Å². The SMILES string of the molecule is Cc1cc([C@H]2[C@@H](c3ccccn3)NC(=S)N2c2ccc(N3CCOCC3)cc2)c(C)n1Cc1cccnc1. The van der Waals surface area contributed by atoms with Crippen LogP contribution < -0.4 is 15.1 Å². The van der Waals surface area contributed by atoms with E-state index in [0.717, 1.165) is 44.2 Å². The molecular weight excluding hydrogens is 492 g/mol. The Kier molecular flexibility index (Phi) is 6.82. The minimum Gasteiger partial charge on any atom is -0.378 e. The van der Waals surface area contributed by atoms with E-state index in [1.165, 1.54) is 28.2 Å². The molecular formula is C30H32N6OS. The number of morpholine rings is 1. The van der Waals surface area contributed by atoms with E-state index in [-0.39, 0.29) is 12.1 Å². The van der Waals surface area contributed by atoms with Gasteiger partial charge in [-0.05, 0) is 85.7 Å². The quantitative estimate of drug-likeness (QED) is 0.358. The Morgan fingerprint density at radius 2 is 1.76 bits per heavy atom. The number of aromatic nitrogens is 3. The first-order valence-corrected chi connectivity index (χ1v) is 13.5. The first-order chi connectivity index (χ1) is 18.6. The number of pyridine rings is 2. The second-order valence-electron chi connectivity index (χ2n) is 9.89. The van der Waals surface area contributed by atoms with Crippen molar-refractivity contribution < 1.29 is 4.74 Å². The normalized spacial score (nSPS) is 19.6. The summed E-state index contributed by atoms with van der Waals surface area (Å²) < 4.78 is 7.89. The van der Waals surface area contributed by atoms with Gasteiger partial charge in [-0.1, -0.05) is 12.1 Å². The van der Waals surface area contributed by atoms with Gasteiger partial charge in [0.15, 0.2) is 5.11 Å². The smallest absolute Gasteiger partial charge is 0.174 e. The van der Waals surface area contributed by atoms with E-state index in [4.69, 9.17) is 21.9 Å². The van der Waals surface area contributed by atoms with Gasteiger partial charge in [0.2, 0.25) is 0 Å². The molecule has 38 heavy (non-hydrogen) atoms. The molecule has 2 atom stereocenters. The van der Waals surface area contributed by atoms with Crippen molar-refractivity contribution in [2.75, 3.05) is 36.1 Å². The van der Waals surface area contributed by atoms with Gasteiger partial charge >= 0.3 is 0 Å². The van der Waals surface area contributed by atoms with Gasteiger partial charge in [-0.25, -0.2) is 0 Å². The fourth-order valence-electron chi connectivity index (χ4n) is 5.64. The molecule has 2 aliphatic rings. The van der Waals surface area contributed by atoms with Gasteiger partial charge in [0.1, 0.15) is 0 Å². The van der Waals surface area contributed by atoms with Crippen molar-refractivity contribution in [2.24, 2.45) is 0 Å². The number of benzene rings is 1. The molecule has 194 valence electrons. The number of ether oxygens (including phenoxy) is 1. The number of hydrogen-bond donors (Lipinski definition) is 1. The average Bonchev–Trinajstić information content (AvgIpc) is 3.45. The molecule has 7 nitrogen and oxygen atoms in total. The van der Waals surface area contributed by atoms with Crippen molar-refractivity contribution >= 4 is 28.7 Å². The molecule has 0 amide bonds. The van der Waals surface area contributed by atoms with Crippen LogP contribution in [-0.4, -0.2) is 46.0 Å². The number of nitrogens with zero attached hydrogens (tertiary/aromatic N) is 5. The predicted molar refractivity (Wildman–Crippen MR) is 155 cm³/mol. The third-order valence-corrected chi connectivity index (χ3v) is 7.91. The number of hydrogen-bond acceptors (Lipinski definition) is 5. The van der Waals surface area contributed by atoms with Gasteiger partial charge in [0.25, 0.3) is 0 Å². The zero-order chi connectivity index (χ0) is 26.1. The standard InChI is InChI=1S/C30H32N6OS/c1-21-18-26(22(2)35(21)20-23-6-5-12-31-19-23)29-28(27-7-3-4-13-32-27)33-30(38)36(29)25-10-8-24(9-11-25)34-14-16-37-17-15-34/h3-13,18-19,28-29H,14-17,20H2,1-2H3,(H,33,38)/t28-,29+/m1/s1. The molecule has 8 heteroatoms. The summed E-state index contributed by atoms with van der Waals surface area (Å²) in [5.41, 5.74) is 8.11. The fraction of sp³-hybridized carbons (Fsp3) is 0.300. The number of aryl methyl sites for hydroxylation is 1. The summed E-state index contributed by atoms with van der Waals surface area (Å²) in [6.45, 7) is 8.51. The van der Waals surface area contributed by atoms with E-state index in [2.05, 4.69) is 81.0 Å². The zero-order valence-corrected chi connectivity index (χ0v) is 22.6. The highest BCUT2D eigenvalue weighted by Gasteiger charge is 2.42. The second kappa shape index (κ2) is 10.6. The maximum absolute atomic E-state index is 5.97. The molecule has 6 rings (SSSR count). The van der Waals surface area contributed by atoms with Crippen LogP contribution >= 0.6 is 12.2 Å². The van der Waals surface area contributed by atoms with Gasteiger partial charge in [-0.2, -0.15) is 0 Å². The summed E-state index contributed by atoms with van der Waals surface area (Å²) in [5, 5.41) is 4.31. The lowest BCUT2D eigenvalue weighted by molar-refractivity contribution is 0.122. The van der Waals surface area contributed by atoms with E-state index in [1.54, 1.807) is 0 Å². The second-order valence-corrected chi connectivity index (χ2v) is 10.3. The minimum absolute atomic E-state index is 0.0412. The molecule has 3 aromatic heterocycles. The van der Waals surface area contributed by atoms with Gasteiger partial charge in [0, 0.05) is 61.0 Å². The first kappa shape index (κ1) is 24.6. The van der Waals surface area contributed by atoms with Gasteiger partial charge in [-0.15, -0.1) is 0 Å². The van der Waals surface area contributed by atoms with Crippen LogP contribution in [0.2, 0.25) is 0 Å². The third kappa shape index (κ3) is 4.66. The Bertz CT molecular complexity index is 1400. The molecule has 4 aromatic rings. The Labute approximate surface area is 229 Å². The number of nitrogens with one attached hydrogen (secondary N) is 1. The lowest BCUT2D eigenvalue weighted by atomic mass is 9.96. The van der Waals surface area contributed by atoms with Crippen LogP contribution in [0.5, 0.6) is 0 Å². The van der Waals surface area contributed by atoms with Crippen molar-refractivity contribution in [3.05, 3.63) is 107 Å². The van der Waals surface area contributed by atoms with Crippen molar-refractivity contribution in [3.63, 3.8) is 0 Å². The third-order valence-electron chi connectivity index (χ3n) is 7.60. The molecule has 0 saturated carbocycles. The number of rotatable bonds is 6. The van der Waals surface area contributed by atoms with Crippen LogP contribution in [0.4, 0.5) is 11.4 Å². The Morgan fingerprint density at radius 3 is 2.47 bits per heavy atom. The molecule has 0 unspecified atom stereocenters. The number of anilines is 2. The lowest BCUT2D eigenvalue weighted by Crippen LogP contribution is -2.36. The van der Waals surface area contributed by atoms with E-state index < -0.39 is 0 Å². The molecule has 0 radical (unpaired) electrons. The Morgan fingerprint density at radius 1 is 0.974 bits per heavy atom. The molecule has 0 spiro atoms. The van der Waals surface area contributed by atoms with E-state index >= 15 is 0 Å². The maximum Gasteiger partial charge on any atom is 0.174 e. The minimum atomic E-state index is -0.0741. The highest BCUT2D eigenvalue weighted by molar-refractivity contribution is 7.80. The molecule has 2 saturated heterocycles. The highest BCUT2D eigenvalue weighted by atomic mass is 32.1. The topological polar surface area (TPSA) is 58.5 Å². The van der Waals surface area contributed by atoms with Gasteiger partial charge in [0.05, 0.1) is 31.0 Å². The fourth-order valence-corrected chi connectivity index (χ4v) is 5.99. The largest absolute Gasteiger partial charge is 0.378 e. The molecule has 0 aliphatic carbocycles. The predicted octanol–water partition coefficient (Wildman–Crippen LogP) is 4.96. The molecule has 2 fully saturated rings. The molecule has 0 bridgehead atoms. The van der Waals surface area contributed by atoms with Crippen LogP contribution in [0.25, 0.3) is 0 Å². The molecule has 2 aliphatic heterocycles. The average molecular weight is 525 g/mol. The zero-order valence-electron chi connectivity index (χ0n) is 21.7.